The van der Waals surface area contributed by atoms with E-state index in [2.05, 4.69) is 19.2 Å². The molecule has 1 aromatic rings. The Kier molecular flexibility index (Phi) is 3.27. The Morgan fingerprint density at radius 1 is 1.41 bits per heavy atom. The fourth-order valence-electron chi connectivity index (χ4n) is 2.52. The van der Waals surface area contributed by atoms with Gasteiger partial charge in [0.1, 0.15) is 11.6 Å². The number of anilines is 1. The highest BCUT2D eigenvalue weighted by Gasteiger charge is 2.31. The Morgan fingerprint density at radius 2 is 2.18 bits per heavy atom. The molecule has 94 valence electrons. The fraction of sp³-hybridized carbons (Fsp3) is 0.571. The zero-order valence-electron chi connectivity index (χ0n) is 10.7. The van der Waals surface area contributed by atoms with Crippen LogP contribution in [0.4, 0.5) is 10.1 Å². The molecule has 3 heteroatoms. The highest BCUT2D eigenvalue weighted by molar-refractivity contribution is 5.50. The van der Waals surface area contributed by atoms with Crippen molar-refractivity contribution in [3.8, 4) is 5.75 Å². The SMILES string of the molecule is COc1ccc(F)c(NC2CCC(C)(C)C2)c1. The summed E-state index contributed by atoms with van der Waals surface area (Å²) in [5.74, 6) is 0.474. The number of nitrogens with one attached hydrogen (secondary N) is 1. The molecule has 1 aliphatic rings. The molecule has 1 aromatic carbocycles. The average Bonchev–Trinajstić information content (AvgIpc) is 2.61. The van der Waals surface area contributed by atoms with Crippen LogP contribution in [0.1, 0.15) is 33.1 Å². The average molecular weight is 237 g/mol. The first-order valence-electron chi connectivity index (χ1n) is 6.10. The molecular formula is C14H20FNO. The molecule has 0 heterocycles. The predicted molar refractivity (Wildman–Crippen MR) is 68.0 cm³/mol. The highest BCUT2D eigenvalue weighted by Crippen LogP contribution is 2.38. The standard InChI is InChI=1S/C14H20FNO/c1-14(2)7-6-10(9-14)16-13-8-11(17-3)4-5-12(13)15/h4-5,8,10,16H,6-7,9H2,1-3H3. The van der Waals surface area contributed by atoms with Crippen LogP contribution in [0.25, 0.3) is 0 Å². The lowest BCUT2D eigenvalue weighted by Gasteiger charge is -2.19. The van der Waals surface area contributed by atoms with Gasteiger partial charge in [0.25, 0.3) is 0 Å². The van der Waals surface area contributed by atoms with Gasteiger partial charge in [-0.15, -0.1) is 0 Å². The lowest BCUT2D eigenvalue weighted by Crippen LogP contribution is -2.18. The van der Waals surface area contributed by atoms with Crippen molar-refractivity contribution in [2.75, 3.05) is 12.4 Å². The fourth-order valence-corrected chi connectivity index (χ4v) is 2.52. The van der Waals surface area contributed by atoms with Crippen LogP contribution in [0.5, 0.6) is 5.75 Å². The summed E-state index contributed by atoms with van der Waals surface area (Å²) in [6, 6.07) is 5.17. The van der Waals surface area contributed by atoms with Gasteiger partial charge in [-0.3, -0.25) is 0 Å². The Morgan fingerprint density at radius 3 is 2.76 bits per heavy atom. The van der Waals surface area contributed by atoms with Gasteiger partial charge in [-0.25, -0.2) is 4.39 Å². The van der Waals surface area contributed by atoms with Crippen LogP contribution < -0.4 is 10.1 Å². The van der Waals surface area contributed by atoms with Gasteiger partial charge in [0.2, 0.25) is 0 Å². The maximum Gasteiger partial charge on any atom is 0.146 e. The van der Waals surface area contributed by atoms with Gasteiger partial charge in [-0.1, -0.05) is 13.8 Å². The Hall–Kier alpha value is -1.25. The lowest BCUT2D eigenvalue weighted by molar-refractivity contribution is 0.378. The molecule has 0 bridgehead atoms. The summed E-state index contributed by atoms with van der Waals surface area (Å²) in [7, 11) is 1.59. The normalized spacial score (nSPS) is 22.5. The number of benzene rings is 1. The number of hydrogen-bond donors (Lipinski definition) is 1. The van der Waals surface area contributed by atoms with Crippen molar-refractivity contribution in [2.45, 2.75) is 39.2 Å². The van der Waals surface area contributed by atoms with E-state index >= 15 is 0 Å². The molecule has 2 nitrogen and oxygen atoms in total. The van der Waals surface area contributed by atoms with Gasteiger partial charge < -0.3 is 10.1 Å². The molecule has 1 fully saturated rings. The van der Waals surface area contributed by atoms with E-state index in [9.17, 15) is 4.39 Å². The molecule has 17 heavy (non-hydrogen) atoms. The van der Waals surface area contributed by atoms with E-state index in [1.54, 1.807) is 19.2 Å². The summed E-state index contributed by atoms with van der Waals surface area (Å²) in [5, 5.41) is 3.28. The van der Waals surface area contributed by atoms with Crippen LogP contribution in [0.15, 0.2) is 18.2 Å². The van der Waals surface area contributed by atoms with E-state index in [4.69, 9.17) is 4.74 Å². The number of rotatable bonds is 3. The molecule has 0 aromatic heterocycles. The second-order valence-electron chi connectivity index (χ2n) is 5.59. The largest absolute Gasteiger partial charge is 0.497 e. The Bertz CT molecular complexity index is 403. The number of hydrogen-bond acceptors (Lipinski definition) is 2. The van der Waals surface area contributed by atoms with E-state index in [1.165, 1.54) is 12.5 Å². The van der Waals surface area contributed by atoms with Crippen molar-refractivity contribution < 1.29 is 9.13 Å². The van der Waals surface area contributed by atoms with E-state index in [-0.39, 0.29) is 5.82 Å². The maximum absolute atomic E-state index is 13.6. The van der Waals surface area contributed by atoms with Crippen LogP contribution in [-0.4, -0.2) is 13.2 Å². The number of methoxy groups -OCH3 is 1. The second kappa shape index (κ2) is 4.55. The predicted octanol–water partition coefficient (Wildman–Crippen LogP) is 3.82. The zero-order chi connectivity index (χ0) is 12.5. The summed E-state index contributed by atoms with van der Waals surface area (Å²) in [6.45, 7) is 4.52. The van der Waals surface area contributed by atoms with E-state index < -0.39 is 0 Å². The first-order valence-corrected chi connectivity index (χ1v) is 6.10. The lowest BCUT2D eigenvalue weighted by atomic mass is 9.92. The number of ether oxygens (including phenoxy) is 1. The molecule has 0 amide bonds. The molecule has 0 saturated heterocycles. The molecule has 1 unspecified atom stereocenters. The van der Waals surface area contributed by atoms with Gasteiger partial charge in [-0.2, -0.15) is 0 Å². The van der Waals surface area contributed by atoms with Gasteiger partial charge in [0, 0.05) is 12.1 Å². The van der Waals surface area contributed by atoms with Crippen LogP contribution in [0, 0.1) is 11.2 Å². The van der Waals surface area contributed by atoms with Crippen molar-refractivity contribution in [1.82, 2.24) is 0 Å². The van der Waals surface area contributed by atoms with Crippen molar-refractivity contribution in [3.05, 3.63) is 24.0 Å². The molecule has 0 spiro atoms. The molecule has 1 saturated carbocycles. The smallest absolute Gasteiger partial charge is 0.146 e. The van der Waals surface area contributed by atoms with Gasteiger partial charge in [0.05, 0.1) is 12.8 Å². The van der Waals surface area contributed by atoms with Crippen LogP contribution >= 0.6 is 0 Å². The summed E-state index contributed by atoms with van der Waals surface area (Å²) >= 11 is 0. The summed E-state index contributed by atoms with van der Waals surface area (Å²) < 4.78 is 18.7. The van der Waals surface area contributed by atoms with Crippen LogP contribution in [0.2, 0.25) is 0 Å². The van der Waals surface area contributed by atoms with Crippen molar-refractivity contribution in [1.29, 1.82) is 0 Å². The Balaban J connectivity index is 2.08. The van der Waals surface area contributed by atoms with Gasteiger partial charge in [0.15, 0.2) is 0 Å². The quantitative estimate of drug-likeness (QED) is 0.862. The van der Waals surface area contributed by atoms with Crippen LogP contribution in [0.3, 0.4) is 0 Å². The minimum absolute atomic E-state index is 0.212. The molecule has 2 rings (SSSR count). The maximum atomic E-state index is 13.6. The Labute approximate surface area is 102 Å². The highest BCUT2D eigenvalue weighted by atomic mass is 19.1. The van der Waals surface area contributed by atoms with Gasteiger partial charge in [-0.05, 0) is 36.8 Å². The minimum Gasteiger partial charge on any atom is -0.497 e. The van der Waals surface area contributed by atoms with E-state index in [0.717, 1.165) is 12.8 Å². The summed E-state index contributed by atoms with van der Waals surface area (Å²) in [4.78, 5) is 0. The molecule has 1 N–H and O–H groups in total. The first-order chi connectivity index (χ1) is 8.00. The molecular weight excluding hydrogens is 217 g/mol. The third-order valence-corrected chi connectivity index (χ3v) is 3.50. The van der Waals surface area contributed by atoms with Crippen molar-refractivity contribution in [2.24, 2.45) is 5.41 Å². The molecule has 1 aliphatic carbocycles. The van der Waals surface area contributed by atoms with E-state index in [1.807, 2.05) is 0 Å². The first kappa shape index (κ1) is 12.2. The minimum atomic E-state index is -0.212. The van der Waals surface area contributed by atoms with E-state index in [0.29, 0.717) is 22.9 Å². The topological polar surface area (TPSA) is 21.3 Å². The zero-order valence-corrected chi connectivity index (χ0v) is 10.7. The third-order valence-electron chi connectivity index (χ3n) is 3.50. The van der Waals surface area contributed by atoms with Crippen molar-refractivity contribution >= 4 is 5.69 Å². The summed E-state index contributed by atoms with van der Waals surface area (Å²) in [6.07, 6.45) is 3.38. The van der Waals surface area contributed by atoms with Crippen molar-refractivity contribution in [3.63, 3.8) is 0 Å². The van der Waals surface area contributed by atoms with Gasteiger partial charge >= 0.3 is 0 Å². The molecule has 0 aliphatic heterocycles. The third kappa shape index (κ3) is 2.90. The summed E-state index contributed by atoms with van der Waals surface area (Å²) in [5.41, 5.74) is 0.916. The molecule has 0 radical (unpaired) electrons. The second-order valence-corrected chi connectivity index (χ2v) is 5.59. The number of halogens is 1. The molecule has 1 atom stereocenters. The van der Waals surface area contributed by atoms with Crippen LogP contribution in [-0.2, 0) is 0 Å². The monoisotopic (exact) mass is 237 g/mol.